The van der Waals surface area contributed by atoms with E-state index in [2.05, 4.69) is 48.8 Å². The van der Waals surface area contributed by atoms with E-state index in [0.717, 1.165) is 52.0 Å². The van der Waals surface area contributed by atoms with Crippen molar-refractivity contribution in [3.63, 3.8) is 0 Å². The van der Waals surface area contributed by atoms with Gasteiger partial charge in [0.1, 0.15) is 5.75 Å². The molecule has 0 unspecified atom stereocenters. The summed E-state index contributed by atoms with van der Waals surface area (Å²) in [4.78, 5) is 9.11. The van der Waals surface area contributed by atoms with E-state index in [-0.39, 0.29) is 24.0 Å². The summed E-state index contributed by atoms with van der Waals surface area (Å²) in [7, 11) is 1.66. The van der Waals surface area contributed by atoms with Crippen LogP contribution in [0.1, 0.15) is 23.2 Å². The molecule has 0 spiro atoms. The first-order valence-corrected chi connectivity index (χ1v) is 9.55. The minimum absolute atomic E-state index is 0. The molecular weight excluding hydrogens is 515 g/mol. The van der Waals surface area contributed by atoms with Gasteiger partial charge in [0.05, 0.1) is 28.8 Å². The number of aliphatic imine (C=N–C) groups is 1. The molecule has 138 valence electrons. The van der Waals surface area contributed by atoms with Gasteiger partial charge >= 0.3 is 0 Å². The lowest BCUT2D eigenvalue weighted by Gasteiger charge is -2.11. The zero-order chi connectivity index (χ0) is 17.4. The number of benzene rings is 1. The van der Waals surface area contributed by atoms with Crippen LogP contribution in [0.15, 0.2) is 33.0 Å². The second-order valence-corrected chi connectivity index (χ2v) is 7.12. The highest BCUT2D eigenvalue weighted by molar-refractivity contribution is 14.0. The number of ether oxygens (including phenoxy) is 1. The van der Waals surface area contributed by atoms with Crippen LogP contribution in [0, 0.1) is 6.92 Å². The standard InChI is InChI=1S/C17H23BrN4OS.HI/c1-4-19-17(20-8-7-14-11-24-12(2)22-14)21-10-13-5-6-16(23-3)15(18)9-13;/h5-6,9,11H,4,7-8,10H2,1-3H3,(H2,19,20,21);1H. The van der Waals surface area contributed by atoms with Crippen LogP contribution in [0.2, 0.25) is 0 Å². The molecule has 1 aromatic carbocycles. The van der Waals surface area contributed by atoms with Crippen molar-refractivity contribution in [2.24, 2.45) is 4.99 Å². The van der Waals surface area contributed by atoms with E-state index in [0.29, 0.717) is 6.54 Å². The van der Waals surface area contributed by atoms with Crippen LogP contribution in [0.3, 0.4) is 0 Å². The van der Waals surface area contributed by atoms with Crippen molar-refractivity contribution in [2.45, 2.75) is 26.8 Å². The van der Waals surface area contributed by atoms with E-state index in [4.69, 9.17) is 4.74 Å². The fourth-order valence-electron chi connectivity index (χ4n) is 2.15. The minimum Gasteiger partial charge on any atom is -0.496 e. The molecule has 0 amide bonds. The van der Waals surface area contributed by atoms with Crippen molar-refractivity contribution in [2.75, 3.05) is 20.2 Å². The topological polar surface area (TPSA) is 58.5 Å². The SMILES string of the molecule is CCNC(=NCc1ccc(OC)c(Br)c1)NCCc1csc(C)n1.I. The van der Waals surface area contributed by atoms with Crippen LogP contribution in [0.5, 0.6) is 5.75 Å². The van der Waals surface area contributed by atoms with Crippen LogP contribution < -0.4 is 15.4 Å². The van der Waals surface area contributed by atoms with Crippen LogP contribution in [-0.4, -0.2) is 31.1 Å². The zero-order valence-corrected chi connectivity index (χ0v) is 19.4. The van der Waals surface area contributed by atoms with Crippen LogP contribution in [-0.2, 0) is 13.0 Å². The average molecular weight is 539 g/mol. The molecule has 0 saturated carbocycles. The molecule has 25 heavy (non-hydrogen) atoms. The van der Waals surface area contributed by atoms with Gasteiger partial charge < -0.3 is 15.4 Å². The Morgan fingerprint density at radius 3 is 2.76 bits per heavy atom. The second-order valence-electron chi connectivity index (χ2n) is 5.20. The third-order valence-electron chi connectivity index (χ3n) is 3.32. The highest BCUT2D eigenvalue weighted by atomic mass is 127. The number of hydrogen-bond acceptors (Lipinski definition) is 4. The number of methoxy groups -OCH3 is 1. The lowest BCUT2D eigenvalue weighted by Crippen LogP contribution is -2.38. The number of hydrogen-bond donors (Lipinski definition) is 2. The number of halogens is 2. The Morgan fingerprint density at radius 2 is 2.16 bits per heavy atom. The molecule has 2 aromatic rings. The highest BCUT2D eigenvalue weighted by Crippen LogP contribution is 2.25. The predicted molar refractivity (Wildman–Crippen MR) is 119 cm³/mol. The van der Waals surface area contributed by atoms with Crippen molar-refractivity contribution in [3.8, 4) is 5.75 Å². The van der Waals surface area contributed by atoms with Crippen molar-refractivity contribution in [1.29, 1.82) is 0 Å². The van der Waals surface area contributed by atoms with E-state index >= 15 is 0 Å². The molecule has 8 heteroatoms. The Bertz CT molecular complexity index is 693. The third-order valence-corrected chi connectivity index (χ3v) is 4.76. The molecule has 0 aliphatic carbocycles. The molecule has 0 atom stereocenters. The van der Waals surface area contributed by atoms with Gasteiger partial charge in [0.25, 0.3) is 0 Å². The molecular formula is C17H24BrIN4OS. The van der Waals surface area contributed by atoms with Gasteiger partial charge in [-0.3, -0.25) is 0 Å². The lowest BCUT2D eigenvalue weighted by molar-refractivity contribution is 0.412. The van der Waals surface area contributed by atoms with E-state index < -0.39 is 0 Å². The smallest absolute Gasteiger partial charge is 0.191 e. The molecule has 0 radical (unpaired) electrons. The number of aryl methyl sites for hydroxylation is 1. The number of thiazole rings is 1. The maximum absolute atomic E-state index is 5.25. The first kappa shape index (κ1) is 22.2. The van der Waals surface area contributed by atoms with Gasteiger partial charge in [0.15, 0.2) is 5.96 Å². The normalized spacial score (nSPS) is 11.0. The van der Waals surface area contributed by atoms with Gasteiger partial charge in [0.2, 0.25) is 0 Å². The van der Waals surface area contributed by atoms with Crippen molar-refractivity contribution in [1.82, 2.24) is 15.6 Å². The van der Waals surface area contributed by atoms with Crippen LogP contribution in [0.4, 0.5) is 0 Å². The Morgan fingerprint density at radius 1 is 1.36 bits per heavy atom. The number of aromatic nitrogens is 1. The maximum Gasteiger partial charge on any atom is 0.191 e. The predicted octanol–water partition coefficient (Wildman–Crippen LogP) is 4.14. The van der Waals surface area contributed by atoms with Gasteiger partial charge in [-0.25, -0.2) is 9.98 Å². The van der Waals surface area contributed by atoms with Crippen molar-refractivity contribution in [3.05, 3.63) is 44.3 Å². The van der Waals surface area contributed by atoms with Crippen molar-refractivity contribution < 1.29 is 4.74 Å². The summed E-state index contributed by atoms with van der Waals surface area (Å²) < 4.78 is 6.19. The van der Waals surface area contributed by atoms with E-state index in [1.807, 2.05) is 25.1 Å². The molecule has 2 N–H and O–H groups in total. The summed E-state index contributed by atoms with van der Waals surface area (Å²) in [5.41, 5.74) is 2.25. The molecule has 0 aliphatic heterocycles. The van der Waals surface area contributed by atoms with E-state index in [9.17, 15) is 0 Å². The summed E-state index contributed by atoms with van der Waals surface area (Å²) in [5.74, 6) is 1.64. The highest BCUT2D eigenvalue weighted by Gasteiger charge is 2.03. The molecule has 1 heterocycles. The Balaban J connectivity index is 0.00000312. The van der Waals surface area contributed by atoms with Crippen LogP contribution >= 0.6 is 51.2 Å². The average Bonchev–Trinajstić information content (AvgIpc) is 2.98. The summed E-state index contributed by atoms with van der Waals surface area (Å²) >= 11 is 5.19. The van der Waals surface area contributed by atoms with E-state index in [1.54, 1.807) is 18.4 Å². The largest absolute Gasteiger partial charge is 0.496 e. The van der Waals surface area contributed by atoms with Gasteiger partial charge in [0, 0.05) is 24.9 Å². The first-order valence-electron chi connectivity index (χ1n) is 7.88. The van der Waals surface area contributed by atoms with Gasteiger partial charge in [-0.15, -0.1) is 35.3 Å². The fourth-order valence-corrected chi connectivity index (χ4v) is 3.39. The van der Waals surface area contributed by atoms with Crippen LogP contribution in [0.25, 0.3) is 0 Å². The molecule has 5 nitrogen and oxygen atoms in total. The third kappa shape index (κ3) is 7.49. The number of guanidine groups is 1. The Hall–Kier alpha value is -0.870. The molecule has 0 fully saturated rings. The number of nitrogens with zero attached hydrogens (tertiary/aromatic N) is 2. The molecule has 0 saturated heterocycles. The fraction of sp³-hybridized carbons (Fsp3) is 0.412. The Labute approximate surface area is 178 Å². The number of rotatable bonds is 7. The summed E-state index contributed by atoms with van der Waals surface area (Å²) in [6.45, 7) is 6.33. The molecule has 2 rings (SSSR count). The molecule has 0 bridgehead atoms. The maximum atomic E-state index is 5.25. The molecule has 1 aromatic heterocycles. The second kappa shape index (κ2) is 11.7. The summed E-state index contributed by atoms with van der Waals surface area (Å²) in [6, 6.07) is 6.00. The minimum atomic E-state index is 0. The Kier molecular flexibility index (Phi) is 10.4. The number of nitrogens with one attached hydrogen (secondary N) is 2. The van der Waals surface area contributed by atoms with Gasteiger partial charge in [-0.05, 0) is 47.5 Å². The zero-order valence-electron chi connectivity index (χ0n) is 14.6. The lowest BCUT2D eigenvalue weighted by atomic mass is 10.2. The summed E-state index contributed by atoms with van der Waals surface area (Å²) in [5, 5.41) is 9.83. The summed E-state index contributed by atoms with van der Waals surface area (Å²) in [6.07, 6.45) is 0.892. The van der Waals surface area contributed by atoms with Gasteiger partial charge in [-0.1, -0.05) is 6.07 Å². The first-order chi connectivity index (χ1) is 11.6. The van der Waals surface area contributed by atoms with E-state index in [1.165, 1.54) is 0 Å². The molecule has 0 aliphatic rings. The monoisotopic (exact) mass is 538 g/mol. The van der Waals surface area contributed by atoms with Gasteiger partial charge in [-0.2, -0.15) is 0 Å². The quantitative estimate of drug-likeness (QED) is 0.316. The van der Waals surface area contributed by atoms with Crippen molar-refractivity contribution >= 4 is 57.2 Å².